The molecule has 0 aliphatic heterocycles. The molecule has 3 N–H and O–H groups in total. The molecule has 0 aliphatic rings. The van der Waals surface area contributed by atoms with Crippen LogP contribution in [-0.4, -0.2) is 23.0 Å². The predicted octanol–water partition coefficient (Wildman–Crippen LogP) is 2.66. The van der Waals surface area contributed by atoms with E-state index >= 15 is 0 Å². The number of nitrogens with two attached hydrogens (primary N) is 1. The molecule has 2 amide bonds. The Morgan fingerprint density at radius 1 is 1.17 bits per heavy atom. The van der Waals surface area contributed by atoms with Gasteiger partial charge in [0.1, 0.15) is 10.6 Å². The van der Waals surface area contributed by atoms with Crippen LogP contribution < -0.4 is 15.8 Å². The molecule has 2 aromatic heterocycles. The van der Waals surface area contributed by atoms with E-state index in [0.29, 0.717) is 16.3 Å². The predicted molar refractivity (Wildman–Crippen MR) is 92.7 cm³/mol. The topological polar surface area (TPSA) is 86.4 Å². The smallest absolute Gasteiger partial charge is 0.267 e. The van der Waals surface area contributed by atoms with Gasteiger partial charge in [-0.15, -0.1) is 11.3 Å². The molecule has 122 valence electrons. The number of carbonyl (C=O) groups is 2. The highest BCUT2D eigenvalue weighted by atomic mass is 32.1. The number of aromatic nitrogens is 1. The van der Waals surface area contributed by atoms with Crippen molar-refractivity contribution in [1.82, 2.24) is 4.57 Å². The fraction of sp³-hybridized carbons (Fsp3) is 0.0588. The summed E-state index contributed by atoms with van der Waals surface area (Å²) in [6.07, 6.45) is 3.77. The van der Waals surface area contributed by atoms with Gasteiger partial charge in [-0.05, 0) is 35.7 Å². The Morgan fingerprint density at radius 2 is 1.96 bits per heavy atom. The molecular weight excluding hydrogens is 326 g/mol. The van der Waals surface area contributed by atoms with Gasteiger partial charge in [0.25, 0.3) is 11.8 Å². The molecule has 0 spiro atoms. The zero-order chi connectivity index (χ0) is 16.9. The first-order valence-corrected chi connectivity index (χ1v) is 8.05. The lowest BCUT2D eigenvalue weighted by Crippen LogP contribution is -2.20. The number of carbonyl (C=O) groups excluding carboxylic acids is 2. The summed E-state index contributed by atoms with van der Waals surface area (Å²) in [4.78, 5) is 23.9. The molecule has 0 unspecified atom stereocenters. The monoisotopic (exact) mass is 341 g/mol. The van der Waals surface area contributed by atoms with Crippen molar-refractivity contribution in [1.29, 1.82) is 0 Å². The van der Waals surface area contributed by atoms with Crippen LogP contribution in [0.2, 0.25) is 0 Å². The maximum Gasteiger partial charge on any atom is 0.267 e. The molecule has 24 heavy (non-hydrogen) atoms. The molecule has 7 heteroatoms. The Kier molecular flexibility index (Phi) is 4.62. The van der Waals surface area contributed by atoms with Gasteiger partial charge < -0.3 is 20.4 Å². The minimum Gasteiger partial charge on any atom is -0.484 e. The first-order valence-electron chi connectivity index (χ1n) is 7.17. The van der Waals surface area contributed by atoms with E-state index < -0.39 is 5.91 Å². The first-order chi connectivity index (χ1) is 11.6. The molecule has 0 bridgehead atoms. The van der Waals surface area contributed by atoms with Crippen LogP contribution in [0.4, 0.5) is 5.69 Å². The van der Waals surface area contributed by atoms with Crippen LogP contribution in [0, 0.1) is 0 Å². The molecular formula is C17H15N3O3S. The third kappa shape index (κ3) is 3.64. The molecule has 0 aliphatic carbocycles. The van der Waals surface area contributed by atoms with Gasteiger partial charge in [-0.3, -0.25) is 9.59 Å². The van der Waals surface area contributed by atoms with E-state index in [1.807, 2.05) is 40.5 Å². The Hall–Kier alpha value is -3.06. The van der Waals surface area contributed by atoms with Crippen LogP contribution >= 0.6 is 11.3 Å². The molecule has 1 aromatic carbocycles. The molecule has 0 atom stereocenters. The summed E-state index contributed by atoms with van der Waals surface area (Å²) in [7, 11) is 0. The third-order valence-electron chi connectivity index (χ3n) is 3.21. The average molecular weight is 341 g/mol. The SMILES string of the molecule is NC(=O)COc1cccc(NC(=O)c2sccc2-n2cccc2)c1. The van der Waals surface area contributed by atoms with Crippen LogP contribution in [-0.2, 0) is 4.79 Å². The van der Waals surface area contributed by atoms with Crippen LogP contribution in [0.3, 0.4) is 0 Å². The van der Waals surface area contributed by atoms with Crippen molar-refractivity contribution in [2.45, 2.75) is 0 Å². The molecule has 0 saturated heterocycles. The van der Waals surface area contributed by atoms with Gasteiger partial charge in [0, 0.05) is 24.1 Å². The minimum absolute atomic E-state index is 0.208. The zero-order valence-corrected chi connectivity index (χ0v) is 13.5. The number of amides is 2. The summed E-state index contributed by atoms with van der Waals surface area (Å²) >= 11 is 1.37. The Labute approximate surface area is 142 Å². The summed E-state index contributed by atoms with van der Waals surface area (Å²) in [6.45, 7) is -0.208. The van der Waals surface area contributed by atoms with E-state index in [1.165, 1.54) is 11.3 Å². The van der Waals surface area contributed by atoms with Gasteiger partial charge in [0.05, 0.1) is 5.69 Å². The number of hydrogen-bond acceptors (Lipinski definition) is 4. The molecule has 0 fully saturated rings. The van der Waals surface area contributed by atoms with E-state index in [0.717, 1.165) is 5.69 Å². The van der Waals surface area contributed by atoms with Gasteiger partial charge in [-0.1, -0.05) is 6.07 Å². The van der Waals surface area contributed by atoms with Crippen LogP contribution in [0.1, 0.15) is 9.67 Å². The molecule has 3 rings (SSSR count). The number of nitrogens with zero attached hydrogens (tertiary/aromatic N) is 1. The van der Waals surface area contributed by atoms with E-state index in [9.17, 15) is 9.59 Å². The highest BCUT2D eigenvalue weighted by Crippen LogP contribution is 2.24. The second-order valence-corrected chi connectivity index (χ2v) is 5.88. The van der Waals surface area contributed by atoms with Crippen molar-refractivity contribution < 1.29 is 14.3 Å². The van der Waals surface area contributed by atoms with Gasteiger partial charge in [0.15, 0.2) is 6.61 Å². The largest absolute Gasteiger partial charge is 0.484 e. The minimum atomic E-state index is -0.556. The number of thiophene rings is 1. The average Bonchev–Trinajstić information content (AvgIpc) is 3.23. The lowest BCUT2D eigenvalue weighted by Gasteiger charge is -2.09. The van der Waals surface area contributed by atoms with Crippen molar-refractivity contribution in [2.24, 2.45) is 5.73 Å². The van der Waals surface area contributed by atoms with E-state index in [1.54, 1.807) is 24.3 Å². The maximum atomic E-state index is 12.5. The highest BCUT2D eigenvalue weighted by molar-refractivity contribution is 7.12. The summed E-state index contributed by atoms with van der Waals surface area (Å²) in [5.41, 5.74) is 6.45. The molecule has 3 aromatic rings. The second-order valence-electron chi connectivity index (χ2n) is 4.96. The van der Waals surface area contributed by atoms with Crippen molar-refractivity contribution in [2.75, 3.05) is 11.9 Å². The van der Waals surface area contributed by atoms with Gasteiger partial charge in [0.2, 0.25) is 0 Å². The van der Waals surface area contributed by atoms with Gasteiger partial charge in [-0.25, -0.2) is 0 Å². The molecule has 0 radical (unpaired) electrons. The van der Waals surface area contributed by atoms with Crippen LogP contribution in [0.25, 0.3) is 5.69 Å². The summed E-state index contributed by atoms with van der Waals surface area (Å²) in [5.74, 6) is -0.302. The lowest BCUT2D eigenvalue weighted by molar-refractivity contribution is -0.119. The van der Waals surface area contributed by atoms with Crippen molar-refractivity contribution >= 4 is 28.8 Å². The van der Waals surface area contributed by atoms with Crippen LogP contribution in [0.5, 0.6) is 5.75 Å². The normalized spacial score (nSPS) is 10.3. The first kappa shape index (κ1) is 15.8. The highest BCUT2D eigenvalue weighted by Gasteiger charge is 2.14. The number of primary amides is 1. The lowest BCUT2D eigenvalue weighted by atomic mass is 10.3. The summed E-state index contributed by atoms with van der Waals surface area (Å²) in [5, 5.41) is 4.71. The molecule has 6 nitrogen and oxygen atoms in total. The third-order valence-corrected chi connectivity index (χ3v) is 4.11. The fourth-order valence-corrected chi connectivity index (χ4v) is 2.96. The number of benzene rings is 1. The van der Waals surface area contributed by atoms with Crippen LogP contribution in [0.15, 0.2) is 60.2 Å². The quantitative estimate of drug-likeness (QED) is 0.723. The van der Waals surface area contributed by atoms with Gasteiger partial charge >= 0.3 is 0 Å². The Balaban J connectivity index is 1.75. The standard InChI is InChI=1S/C17H15N3O3S/c18-15(21)11-23-13-5-3-4-12(10-13)19-17(22)16-14(6-9-24-16)20-7-1-2-8-20/h1-10H,11H2,(H2,18,21)(H,19,22). The number of ether oxygens (including phenoxy) is 1. The van der Waals surface area contributed by atoms with Crippen molar-refractivity contribution in [3.8, 4) is 11.4 Å². The maximum absolute atomic E-state index is 12.5. The zero-order valence-electron chi connectivity index (χ0n) is 12.6. The van der Waals surface area contributed by atoms with E-state index in [-0.39, 0.29) is 12.5 Å². The van der Waals surface area contributed by atoms with Crippen molar-refractivity contribution in [3.63, 3.8) is 0 Å². The summed E-state index contributed by atoms with van der Waals surface area (Å²) in [6, 6.07) is 12.5. The number of rotatable bonds is 6. The second kappa shape index (κ2) is 7.01. The Morgan fingerprint density at radius 3 is 2.71 bits per heavy atom. The van der Waals surface area contributed by atoms with Gasteiger partial charge in [-0.2, -0.15) is 0 Å². The number of hydrogen-bond donors (Lipinski definition) is 2. The number of nitrogens with one attached hydrogen (secondary N) is 1. The Bertz CT molecular complexity index is 856. The van der Waals surface area contributed by atoms with E-state index in [4.69, 9.17) is 10.5 Å². The molecule has 0 saturated carbocycles. The van der Waals surface area contributed by atoms with E-state index in [2.05, 4.69) is 5.32 Å². The number of anilines is 1. The fourth-order valence-electron chi connectivity index (χ4n) is 2.18. The summed E-state index contributed by atoms with van der Waals surface area (Å²) < 4.78 is 7.12. The van der Waals surface area contributed by atoms with Crippen molar-refractivity contribution in [3.05, 3.63) is 65.1 Å². The molecule has 2 heterocycles.